The molecule has 1 aliphatic carbocycles. The van der Waals surface area contributed by atoms with Gasteiger partial charge in [0.2, 0.25) is 0 Å². The van der Waals surface area contributed by atoms with E-state index in [1.165, 1.54) is 0 Å². The Morgan fingerprint density at radius 2 is 2.17 bits per heavy atom. The fourth-order valence-corrected chi connectivity index (χ4v) is 2.12. The second-order valence-corrected chi connectivity index (χ2v) is 5.13. The highest BCUT2D eigenvalue weighted by Gasteiger charge is 2.41. The third-order valence-electron chi connectivity index (χ3n) is 3.52. The number of hydrogen-bond acceptors (Lipinski definition) is 4. The van der Waals surface area contributed by atoms with Crippen molar-refractivity contribution in [1.29, 1.82) is 0 Å². The summed E-state index contributed by atoms with van der Waals surface area (Å²) >= 11 is 0. The molecule has 2 fully saturated rings. The van der Waals surface area contributed by atoms with Crippen molar-refractivity contribution in [2.24, 2.45) is 0 Å². The molecule has 0 amide bonds. The molecule has 4 nitrogen and oxygen atoms in total. The lowest BCUT2D eigenvalue weighted by molar-refractivity contribution is -0.0808. The van der Waals surface area contributed by atoms with Crippen LogP contribution in [0.15, 0.2) is 18.2 Å². The van der Waals surface area contributed by atoms with Crippen LogP contribution in [0.1, 0.15) is 18.4 Å². The summed E-state index contributed by atoms with van der Waals surface area (Å²) in [6.07, 6.45) is 2.48. The molecule has 3 rings (SSSR count). The Morgan fingerprint density at radius 1 is 1.39 bits per heavy atom. The third-order valence-corrected chi connectivity index (χ3v) is 3.52. The molecule has 2 aliphatic rings. The molecule has 1 heterocycles. The van der Waals surface area contributed by atoms with Gasteiger partial charge in [-0.05, 0) is 18.9 Å². The number of methoxy groups -OCH3 is 1. The van der Waals surface area contributed by atoms with Gasteiger partial charge in [-0.1, -0.05) is 12.1 Å². The molecule has 1 N–H and O–H groups in total. The Bertz CT molecular complexity index is 435. The summed E-state index contributed by atoms with van der Waals surface area (Å²) in [6, 6.07) is 5.81. The highest BCUT2D eigenvalue weighted by atomic mass is 16.6. The minimum Gasteiger partial charge on any atom is -0.493 e. The van der Waals surface area contributed by atoms with Crippen molar-refractivity contribution in [3.63, 3.8) is 0 Å². The molecule has 98 valence electrons. The first-order valence-corrected chi connectivity index (χ1v) is 6.33. The number of para-hydroxylation sites is 1. The molecule has 0 spiro atoms. The number of rotatable bonds is 5. The molecule has 1 aliphatic heterocycles. The zero-order chi connectivity index (χ0) is 12.6. The Hall–Kier alpha value is -1.26. The van der Waals surface area contributed by atoms with E-state index in [1.807, 2.05) is 18.2 Å². The molecule has 18 heavy (non-hydrogen) atoms. The Labute approximate surface area is 106 Å². The zero-order valence-corrected chi connectivity index (χ0v) is 10.5. The Morgan fingerprint density at radius 3 is 2.72 bits per heavy atom. The molecule has 1 aromatic carbocycles. The standard InChI is InChI=1S/C14H18O4/c1-16-12-4-2-3-10(7-14(15)5-6-14)13(12)18-11-8-17-9-11/h2-4,11,15H,5-9H2,1H3. The SMILES string of the molecule is COc1cccc(CC2(O)CC2)c1OC1COC1. The Kier molecular flexibility index (Phi) is 2.92. The quantitative estimate of drug-likeness (QED) is 0.861. The maximum atomic E-state index is 10.1. The van der Waals surface area contributed by atoms with E-state index in [0.717, 1.165) is 29.9 Å². The normalized spacial score (nSPS) is 21.2. The van der Waals surface area contributed by atoms with Crippen LogP contribution in [-0.2, 0) is 11.2 Å². The van der Waals surface area contributed by atoms with Crippen LogP contribution in [0.25, 0.3) is 0 Å². The fraction of sp³-hybridized carbons (Fsp3) is 0.571. The number of ether oxygens (including phenoxy) is 3. The first kappa shape index (κ1) is 11.8. The minimum atomic E-state index is -0.527. The molecule has 0 unspecified atom stereocenters. The summed E-state index contributed by atoms with van der Waals surface area (Å²) in [7, 11) is 1.63. The topological polar surface area (TPSA) is 47.9 Å². The van der Waals surface area contributed by atoms with E-state index in [0.29, 0.717) is 19.6 Å². The van der Waals surface area contributed by atoms with Crippen molar-refractivity contribution in [3.8, 4) is 11.5 Å². The van der Waals surface area contributed by atoms with Gasteiger partial charge in [-0.25, -0.2) is 0 Å². The molecule has 1 saturated heterocycles. The third kappa shape index (κ3) is 2.31. The van der Waals surface area contributed by atoms with Crippen molar-refractivity contribution >= 4 is 0 Å². The lowest BCUT2D eigenvalue weighted by Crippen LogP contribution is -2.39. The fourth-order valence-electron chi connectivity index (χ4n) is 2.12. The van der Waals surface area contributed by atoms with Crippen LogP contribution in [0.5, 0.6) is 11.5 Å². The first-order chi connectivity index (χ1) is 8.70. The number of hydrogen-bond donors (Lipinski definition) is 1. The average molecular weight is 250 g/mol. The summed E-state index contributed by atoms with van der Waals surface area (Å²) in [5, 5.41) is 10.1. The molecule has 1 saturated carbocycles. The lowest BCUT2D eigenvalue weighted by Gasteiger charge is -2.28. The predicted octanol–water partition coefficient (Wildman–Crippen LogP) is 1.54. The molecule has 4 heteroatoms. The number of benzene rings is 1. The number of aliphatic hydroxyl groups is 1. The summed E-state index contributed by atoms with van der Waals surface area (Å²) in [4.78, 5) is 0. The van der Waals surface area contributed by atoms with Gasteiger partial charge in [-0.3, -0.25) is 0 Å². The van der Waals surface area contributed by atoms with Crippen LogP contribution in [0.4, 0.5) is 0 Å². The summed E-state index contributed by atoms with van der Waals surface area (Å²) in [5.41, 5.74) is 0.488. The second-order valence-electron chi connectivity index (χ2n) is 5.13. The van der Waals surface area contributed by atoms with Gasteiger partial charge >= 0.3 is 0 Å². The Balaban J connectivity index is 1.85. The van der Waals surface area contributed by atoms with Gasteiger partial charge in [0, 0.05) is 12.0 Å². The van der Waals surface area contributed by atoms with E-state index in [2.05, 4.69) is 0 Å². The highest BCUT2D eigenvalue weighted by Crippen LogP contribution is 2.42. The average Bonchev–Trinajstić information content (AvgIpc) is 3.02. The second kappa shape index (κ2) is 4.44. The maximum absolute atomic E-state index is 10.1. The monoisotopic (exact) mass is 250 g/mol. The molecule has 0 bridgehead atoms. The van der Waals surface area contributed by atoms with E-state index in [1.54, 1.807) is 7.11 Å². The van der Waals surface area contributed by atoms with Crippen molar-refractivity contribution < 1.29 is 19.3 Å². The summed E-state index contributed by atoms with van der Waals surface area (Å²) < 4.78 is 16.4. The van der Waals surface area contributed by atoms with E-state index >= 15 is 0 Å². The minimum absolute atomic E-state index is 0.105. The van der Waals surface area contributed by atoms with Crippen LogP contribution < -0.4 is 9.47 Å². The lowest BCUT2D eigenvalue weighted by atomic mass is 10.0. The summed E-state index contributed by atoms with van der Waals surface area (Å²) in [6.45, 7) is 1.25. The van der Waals surface area contributed by atoms with Crippen molar-refractivity contribution in [2.75, 3.05) is 20.3 Å². The van der Waals surface area contributed by atoms with Crippen LogP contribution in [-0.4, -0.2) is 37.1 Å². The predicted molar refractivity (Wildman–Crippen MR) is 66.1 cm³/mol. The molecule has 1 aromatic rings. The zero-order valence-electron chi connectivity index (χ0n) is 10.5. The molecule has 0 radical (unpaired) electrons. The van der Waals surface area contributed by atoms with E-state index in [4.69, 9.17) is 14.2 Å². The smallest absolute Gasteiger partial charge is 0.165 e. The van der Waals surface area contributed by atoms with Gasteiger partial charge in [0.25, 0.3) is 0 Å². The van der Waals surface area contributed by atoms with Gasteiger partial charge in [-0.2, -0.15) is 0 Å². The van der Waals surface area contributed by atoms with E-state index in [-0.39, 0.29) is 6.10 Å². The molecule has 0 atom stereocenters. The van der Waals surface area contributed by atoms with Gasteiger partial charge in [0.15, 0.2) is 11.5 Å². The van der Waals surface area contributed by atoms with Crippen LogP contribution in [0.3, 0.4) is 0 Å². The maximum Gasteiger partial charge on any atom is 0.165 e. The van der Waals surface area contributed by atoms with Gasteiger partial charge in [-0.15, -0.1) is 0 Å². The molecule has 0 aromatic heterocycles. The first-order valence-electron chi connectivity index (χ1n) is 6.33. The largest absolute Gasteiger partial charge is 0.493 e. The van der Waals surface area contributed by atoms with Crippen LogP contribution >= 0.6 is 0 Å². The van der Waals surface area contributed by atoms with Gasteiger partial charge < -0.3 is 19.3 Å². The molecular formula is C14H18O4. The van der Waals surface area contributed by atoms with Gasteiger partial charge in [0.05, 0.1) is 25.9 Å². The highest BCUT2D eigenvalue weighted by molar-refractivity contribution is 5.47. The van der Waals surface area contributed by atoms with Crippen LogP contribution in [0, 0.1) is 0 Å². The van der Waals surface area contributed by atoms with E-state index in [9.17, 15) is 5.11 Å². The van der Waals surface area contributed by atoms with Crippen LogP contribution in [0.2, 0.25) is 0 Å². The summed E-state index contributed by atoms with van der Waals surface area (Å²) in [5.74, 6) is 1.48. The molecular weight excluding hydrogens is 232 g/mol. The van der Waals surface area contributed by atoms with Gasteiger partial charge in [0.1, 0.15) is 6.10 Å². The van der Waals surface area contributed by atoms with Crippen molar-refractivity contribution in [1.82, 2.24) is 0 Å². The van der Waals surface area contributed by atoms with Crippen molar-refractivity contribution in [3.05, 3.63) is 23.8 Å². The van der Waals surface area contributed by atoms with Crippen molar-refractivity contribution in [2.45, 2.75) is 31.0 Å². The van der Waals surface area contributed by atoms with E-state index < -0.39 is 5.60 Å².